The molecule has 0 N–H and O–H groups in total. The van der Waals surface area contributed by atoms with Crippen molar-refractivity contribution in [1.82, 2.24) is 4.90 Å². The molecule has 1 saturated carbocycles. The van der Waals surface area contributed by atoms with Crippen molar-refractivity contribution in [2.75, 3.05) is 20.2 Å². The third kappa shape index (κ3) is 2.94. The molecule has 0 amide bonds. The van der Waals surface area contributed by atoms with E-state index in [1.54, 1.807) is 0 Å². The zero-order valence-corrected chi connectivity index (χ0v) is 9.58. The number of carbonyl (C=O) groups excluding carboxylic acids is 1. The molecule has 1 atom stereocenters. The quantitative estimate of drug-likeness (QED) is 0.664. The van der Waals surface area contributed by atoms with Crippen LogP contribution in [0.5, 0.6) is 0 Å². The predicted octanol–water partition coefficient (Wildman–Crippen LogP) is 1.81. The summed E-state index contributed by atoms with van der Waals surface area (Å²) in [6.45, 7) is 2.16. The van der Waals surface area contributed by atoms with Crippen LogP contribution in [-0.4, -0.2) is 37.1 Å². The first-order valence-corrected chi connectivity index (χ1v) is 6.13. The normalized spacial score (nSPS) is 27.7. The van der Waals surface area contributed by atoms with Gasteiger partial charge in [0.15, 0.2) is 0 Å². The molecular formula is C12H21NO2. The van der Waals surface area contributed by atoms with E-state index in [4.69, 9.17) is 4.74 Å². The van der Waals surface area contributed by atoms with Gasteiger partial charge in [-0.2, -0.15) is 0 Å². The Kier molecular flexibility index (Phi) is 3.62. The Labute approximate surface area is 91.8 Å². The van der Waals surface area contributed by atoms with Crippen LogP contribution in [-0.2, 0) is 9.53 Å². The maximum atomic E-state index is 11.6. The van der Waals surface area contributed by atoms with Gasteiger partial charge in [-0.25, -0.2) is 0 Å². The molecule has 0 radical (unpaired) electrons. The van der Waals surface area contributed by atoms with Crippen LogP contribution >= 0.6 is 0 Å². The molecule has 1 heterocycles. The number of ether oxygens (including phenoxy) is 1. The molecular weight excluding hydrogens is 190 g/mol. The molecule has 1 aliphatic heterocycles. The van der Waals surface area contributed by atoms with Gasteiger partial charge in [0.1, 0.15) is 6.04 Å². The second-order valence-electron chi connectivity index (χ2n) is 4.80. The number of methoxy groups -OCH3 is 1. The molecule has 0 spiro atoms. The molecule has 2 rings (SSSR count). The topological polar surface area (TPSA) is 29.5 Å². The van der Waals surface area contributed by atoms with E-state index in [0.29, 0.717) is 0 Å². The lowest BCUT2D eigenvalue weighted by Crippen LogP contribution is -2.45. The van der Waals surface area contributed by atoms with E-state index in [0.717, 1.165) is 25.4 Å². The fraction of sp³-hybridized carbons (Fsp3) is 0.917. The molecule has 2 aliphatic rings. The summed E-state index contributed by atoms with van der Waals surface area (Å²) in [6, 6.07) is 0.0440. The Bertz CT molecular complexity index is 226. The minimum atomic E-state index is -0.0366. The van der Waals surface area contributed by atoms with Gasteiger partial charge in [0, 0.05) is 0 Å². The van der Waals surface area contributed by atoms with Crippen LogP contribution in [0.4, 0.5) is 0 Å². The Balaban J connectivity index is 1.83. The first kappa shape index (κ1) is 10.9. The molecule has 15 heavy (non-hydrogen) atoms. The van der Waals surface area contributed by atoms with Crippen molar-refractivity contribution in [3.8, 4) is 0 Å². The molecule has 86 valence electrons. The van der Waals surface area contributed by atoms with E-state index in [1.807, 2.05) is 0 Å². The highest BCUT2D eigenvalue weighted by Crippen LogP contribution is 2.33. The summed E-state index contributed by atoms with van der Waals surface area (Å²) in [7, 11) is 1.50. The Morgan fingerprint density at radius 3 is 2.80 bits per heavy atom. The zero-order chi connectivity index (χ0) is 10.7. The van der Waals surface area contributed by atoms with Crippen LogP contribution in [0.15, 0.2) is 0 Å². The number of likely N-dealkylation sites (tertiary alicyclic amines) is 1. The second-order valence-corrected chi connectivity index (χ2v) is 4.80. The van der Waals surface area contributed by atoms with Gasteiger partial charge in [-0.05, 0) is 38.3 Å². The number of esters is 1. The summed E-state index contributed by atoms with van der Waals surface area (Å²) in [5.74, 6) is 0.913. The van der Waals surface area contributed by atoms with Crippen molar-refractivity contribution in [3.63, 3.8) is 0 Å². The first-order chi connectivity index (χ1) is 7.31. The fourth-order valence-corrected chi connectivity index (χ4v) is 2.42. The highest BCUT2D eigenvalue weighted by Gasteiger charge is 2.30. The Morgan fingerprint density at radius 2 is 2.13 bits per heavy atom. The summed E-state index contributed by atoms with van der Waals surface area (Å²) in [4.78, 5) is 13.9. The second kappa shape index (κ2) is 4.97. The van der Waals surface area contributed by atoms with Gasteiger partial charge in [-0.15, -0.1) is 0 Å². The summed E-state index contributed by atoms with van der Waals surface area (Å²) in [5, 5.41) is 0. The van der Waals surface area contributed by atoms with Crippen LogP contribution < -0.4 is 0 Å². The van der Waals surface area contributed by atoms with Gasteiger partial charge < -0.3 is 4.74 Å². The van der Waals surface area contributed by atoms with Crippen molar-refractivity contribution >= 4 is 5.97 Å². The molecule has 3 heteroatoms. The summed E-state index contributed by atoms with van der Waals surface area (Å²) < 4.78 is 4.86. The van der Waals surface area contributed by atoms with Gasteiger partial charge in [-0.3, -0.25) is 9.69 Å². The average molecular weight is 211 g/mol. The number of carbonyl (C=O) groups is 1. The maximum absolute atomic E-state index is 11.6. The highest BCUT2D eigenvalue weighted by atomic mass is 16.5. The number of piperidine rings is 1. The fourth-order valence-electron chi connectivity index (χ4n) is 2.42. The van der Waals surface area contributed by atoms with E-state index in [2.05, 4.69) is 4.90 Å². The minimum absolute atomic E-state index is 0.0366. The van der Waals surface area contributed by atoms with Crippen LogP contribution in [0.1, 0.15) is 38.5 Å². The van der Waals surface area contributed by atoms with Gasteiger partial charge in [-0.1, -0.05) is 19.3 Å². The van der Waals surface area contributed by atoms with Crippen LogP contribution in [0.2, 0.25) is 0 Å². The van der Waals surface area contributed by atoms with E-state index in [-0.39, 0.29) is 12.0 Å². The lowest BCUT2D eigenvalue weighted by Gasteiger charge is -2.33. The number of nitrogens with zero attached hydrogens (tertiary/aromatic N) is 1. The molecule has 1 aliphatic carbocycles. The van der Waals surface area contributed by atoms with Crippen molar-refractivity contribution in [2.45, 2.75) is 44.6 Å². The largest absolute Gasteiger partial charge is 0.468 e. The number of hydrogen-bond acceptors (Lipinski definition) is 3. The van der Waals surface area contributed by atoms with Gasteiger partial charge in [0.25, 0.3) is 0 Å². The first-order valence-electron chi connectivity index (χ1n) is 6.13. The van der Waals surface area contributed by atoms with Gasteiger partial charge in [0.05, 0.1) is 7.11 Å². The SMILES string of the molecule is COC(=O)C1CCCCN1CCC1CC1. The Morgan fingerprint density at radius 1 is 1.33 bits per heavy atom. The number of hydrogen-bond donors (Lipinski definition) is 0. The van der Waals surface area contributed by atoms with Gasteiger partial charge >= 0.3 is 5.97 Å². The van der Waals surface area contributed by atoms with Crippen molar-refractivity contribution in [3.05, 3.63) is 0 Å². The molecule has 3 nitrogen and oxygen atoms in total. The molecule has 0 aromatic carbocycles. The van der Waals surface area contributed by atoms with Crippen LogP contribution in [0, 0.1) is 5.92 Å². The van der Waals surface area contributed by atoms with E-state index < -0.39 is 0 Å². The monoisotopic (exact) mass is 211 g/mol. The van der Waals surface area contributed by atoms with Crippen molar-refractivity contribution in [2.24, 2.45) is 5.92 Å². The summed E-state index contributed by atoms with van der Waals surface area (Å²) in [6.07, 6.45) is 7.45. The predicted molar refractivity (Wildman–Crippen MR) is 58.6 cm³/mol. The van der Waals surface area contributed by atoms with E-state index in [1.165, 1.54) is 39.2 Å². The van der Waals surface area contributed by atoms with Crippen molar-refractivity contribution < 1.29 is 9.53 Å². The third-order valence-corrected chi connectivity index (χ3v) is 3.61. The maximum Gasteiger partial charge on any atom is 0.323 e. The smallest absolute Gasteiger partial charge is 0.323 e. The standard InChI is InChI=1S/C12H21NO2/c1-15-12(14)11-4-2-3-8-13(11)9-7-10-5-6-10/h10-11H,2-9H2,1H3. The zero-order valence-electron chi connectivity index (χ0n) is 9.58. The molecule has 1 unspecified atom stereocenters. The van der Waals surface area contributed by atoms with Crippen molar-refractivity contribution in [1.29, 1.82) is 0 Å². The average Bonchev–Trinajstić information content (AvgIpc) is 3.09. The number of rotatable bonds is 4. The lowest BCUT2D eigenvalue weighted by molar-refractivity contribution is -0.148. The molecule has 0 aromatic rings. The minimum Gasteiger partial charge on any atom is -0.468 e. The molecule has 2 fully saturated rings. The van der Waals surface area contributed by atoms with Gasteiger partial charge in [0.2, 0.25) is 0 Å². The summed E-state index contributed by atoms with van der Waals surface area (Å²) in [5.41, 5.74) is 0. The van der Waals surface area contributed by atoms with E-state index >= 15 is 0 Å². The lowest BCUT2D eigenvalue weighted by atomic mass is 10.0. The molecule has 0 aromatic heterocycles. The summed E-state index contributed by atoms with van der Waals surface area (Å²) >= 11 is 0. The molecule has 0 bridgehead atoms. The Hall–Kier alpha value is -0.570. The third-order valence-electron chi connectivity index (χ3n) is 3.61. The van der Waals surface area contributed by atoms with Crippen LogP contribution in [0.25, 0.3) is 0 Å². The highest BCUT2D eigenvalue weighted by molar-refractivity contribution is 5.75. The van der Waals surface area contributed by atoms with E-state index in [9.17, 15) is 4.79 Å². The van der Waals surface area contributed by atoms with Crippen LogP contribution in [0.3, 0.4) is 0 Å². The molecule has 1 saturated heterocycles.